The van der Waals surface area contributed by atoms with Gasteiger partial charge in [-0.2, -0.15) is 0 Å². The normalized spacial score (nSPS) is 15.5. The second-order valence-electron chi connectivity index (χ2n) is 9.39. The molecule has 10 heteroatoms. The number of aromatic nitrogens is 4. The molecule has 0 atom stereocenters. The predicted molar refractivity (Wildman–Crippen MR) is 130 cm³/mol. The summed E-state index contributed by atoms with van der Waals surface area (Å²) in [4.78, 5) is 4.56. The van der Waals surface area contributed by atoms with Crippen molar-refractivity contribution >= 4 is 27.3 Å². The Hall–Kier alpha value is -2.49. The van der Waals surface area contributed by atoms with Crippen LogP contribution >= 0.6 is 11.6 Å². The van der Waals surface area contributed by atoms with Crippen LogP contribution in [-0.2, 0) is 22.5 Å². The Balaban J connectivity index is 1.68. The molecule has 1 fully saturated rings. The number of piperidine rings is 1. The van der Waals surface area contributed by atoms with E-state index in [1.54, 1.807) is 18.2 Å². The summed E-state index contributed by atoms with van der Waals surface area (Å²) in [6.45, 7) is 8.11. The molecule has 176 valence electrons. The topological polar surface area (TPSA) is 102 Å². The molecule has 0 bridgehead atoms. The van der Waals surface area contributed by atoms with Gasteiger partial charge in [0.05, 0.1) is 15.6 Å². The molecule has 0 aliphatic carbocycles. The van der Waals surface area contributed by atoms with Crippen LogP contribution in [0.15, 0.2) is 41.4 Å². The highest BCUT2D eigenvalue weighted by atomic mass is 35.5. The van der Waals surface area contributed by atoms with E-state index in [1.807, 2.05) is 23.7 Å². The summed E-state index contributed by atoms with van der Waals surface area (Å²) >= 11 is 6.17. The number of nitrogens with one attached hydrogen (secondary N) is 2. The molecular weight excluding hydrogens is 460 g/mol. The maximum Gasteiger partial charge on any atom is 0.261 e. The van der Waals surface area contributed by atoms with E-state index in [-0.39, 0.29) is 16.0 Å². The van der Waals surface area contributed by atoms with Crippen molar-refractivity contribution in [3.05, 3.63) is 52.9 Å². The second kappa shape index (κ2) is 9.04. The van der Waals surface area contributed by atoms with Crippen molar-refractivity contribution in [3.63, 3.8) is 0 Å². The molecule has 1 aromatic carbocycles. The number of pyridine rings is 1. The molecule has 0 amide bonds. The monoisotopic (exact) mass is 488 g/mol. The maximum atomic E-state index is 13.2. The maximum absolute atomic E-state index is 13.2. The van der Waals surface area contributed by atoms with Gasteiger partial charge in [0.15, 0.2) is 5.82 Å². The van der Waals surface area contributed by atoms with Gasteiger partial charge in [-0.05, 0) is 55.1 Å². The third-order valence-corrected chi connectivity index (χ3v) is 7.54. The SMILES string of the molecule is Cn1c(-c2ncc(Cl)cc2NS(=O)(=O)c2ccc(C(C)(C)C)cc2)nnc1C1CCNCC1. The summed E-state index contributed by atoms with van der Waals surface area (Å²) in [5.74, 6) is 1.65. The molecule has 8 nitrogen and oxygen atoms in total. The van der Waals surface area contributed by atoms with Crippen molar-refractivity contribution in [3.8, 4) is 11.5 Å². The van der Waals surface area contributed by atoms with Crippen molar-refractivity contribution in [2.24, 2.45) is 7.05 Å². The molecule has 1 aliphatic rings. The number of sulfonamides is 1. The molecule has 3 aromatic rings. The van der Waals surface area contributed by atoms with Gasteiger partial charge in [0.2, 0.25) is 0 Å². The van der Waals surface area contributed by atoms with Gasteiger partial charge < -0.3 is 9.88 Å². The van der Waals surface area contributed by atoms with E-state index in [1.165, 1.54) is 6.20 Å². The van der Waals surface area contributed by atoms with Crippen LogP contribution in [-0.4, -0.2) is 41.3 Å². The molecule has 4 rings (SSSR count). The number of anilines is 1. The first-order valence-corrected chi connectivity index (χ1v) is 12.8. The Morgan fingerprint density at radius 1 is 1.12 bits per heavy atom. The molecule has 0 unspecified atom stereocenters. The van der Waals surface area contributed by atoms with Gasteiger partial charge in [-0.1, -0.05) is 44.5 Å². The van der Waals surface area contributed by atoms with Gasteiger partial charge >= 0.3 is 0 Å². The molecule has 2 aromatic heterocycles. The molecule has 0 radical (unpaired) electrons. The largest absolute Gasteiger partial charge is 0.317 e. The van der Waals surface area contributed by atoms with Gasteiger partial charge in [-0.25, -0.2) is 13.4 Å². The fraction of sp³-hybridized carbons (Fsp3) is 0.435. The lowest BCUT2D eigenvalue weighted by molar-refractivity contribution is 0.436. The van der Waals surface area contributed by atoms with E-state index in [0.717, 1.165) is 37.3 Å². The van der Waals surface area contributed by atoms with E-state index in [9.17, 15) is 8.42 Å². The van der Waals surface area contributed by atoms with Gasteiger partial charge in [-0.15, -0.1) is 10.2 Å². The molecule has 2 N–H and O–H groups in total. The third-order valence-electron chi connectivity index (χ3n) is 5.95. The van der Waals surface area contributed by atoms with Crippen molar-refractivity contribution < 1.29 is 8.42 Å². The van der Waals surface area contributed by atoms with Crippen LogP contribution in [0.4, 0.5) is 5.69 Å². The zero-order chi connectivity index (χ0) is 23.8. The van der Waals surface area contributed by atoms with Crippen LogP contribution in [0.2, 0.25) is 5.02 Å². The Labute approximate surface area is 199 Å². The van der Waals surface area contributed by atoms with Crippen LogP contribution in [0.5, 0.6) is 0 Å². The number of nitrogens with zero attached hydrogens (tertiary/aromatic N) is 4. The number of rotatable bonds is 5. The van der Waals surface area contributed by atoms with Crippen LogP contribution < -0.4 is 10.0 Å². The van der Waals surface area contributed by atoms with Crippen LogP contribution in [0.1, 0.15) is 50.9 Å². The highest BCUT2D eigenvalue weighted by molar-refractivity contribution is 7.92. The molecule has 1 saturated heterocycles. The number of hydrogen-bond acceptors (Lipinski definition) is 6. The van der Waals surface area contributed by atoms with Gasteiger partial charge in [0, 0.05) is 19.2 Å². The zero-order valence-electron chi connectivity index (χ0n) is 19.3. The van der Waals surface area contributed by atoms with Gasteiger partial charge in [0.1, 0.15) is 11.5 Å². The number of halogens is 1. The first-order chi connectivity index (χ1) is 15.6. The summed E-state index contributed by atoms with van der Waals surface area (Å²) in [6.07, 6.45) is 3.43. The van der Waals surface area contributed by atoms with E-state index in [0.29, 0.717) is 22.5 Å². The second-order valence-corrected chi connectivity index (χ2v) is 11.5. The lowest BCUT2D eigenvalue weighted by Crippen LogP contribution is -2.28. The van der Waals surface area contributed by atoms with E-state index >= 15 is 0 Å². The minimum Gasteiger partial charge on any atom is -0.317 e. The minimum absolute atomic E-state index is 0.0724. The lowest BCUT2D eigenvalue weighted by Gasteiger charge is -2.21. The Kier molecular flexibility index (Phi) is 6.48. The first-order valence-electron chi connectivity index (χ1n) is 11.0. The minimum atomic E-state index is -3.86. The molecule has 1 aliphatic heterocycles. The lowest BCUT2D eigenvalue weighted by atomic mass is 9.87. The Morgan fingerprint density at radius 2 is 1.79 bits per heavy atom. The summed E-state index contributed by atoms with van der Waals surface area (Å²) in [5, 5.41) is 12.4. The van der Waals surface area contributed by atoms with Crippen molar-refractivity contribution in [1.29, 1.82) is 0 Å². The van der Waals surface area contributed by atoms with Crippen LogP contribution in [0.3, 0.4) is 0 Å². The molecule has 0 spiro atoms. The average Bonchev–Trinajstić information content (AvgIpc) is 3.15. The molecular formula is C23H29ClN6O2S. The Morgan fingerprint density at radius 3 is 2.42 bits per heavy atom. The first kappa shape index (κ1) is 23.7. The van der Waals surface area contributed by atoms with Crippen molar-refractivity contribution in [2.75, 3.05) is 17.8 Å². The zero-order valence-corrected chi connectivity index (χ0v) is 20.8. The van der Waals surface area contributed by atoms with Gasteiger partial charge in [-0.3, -0.25) is 4.72 Å². The smallest absolute Gasteiger partial charge is 0.261 e. The van der Waals surface area contributed by atoms with Gasteiger partial charge in [0.25, 0.3) is 10.0 Å². The van der Waals surface area contributed by atoms with Crippen LogP contribution in [0, 0.1) is 0 Å². The molecule has 33 heavy (non-hydrogen) atoms. The van der Waals surface area contributed by atoms with Crippen molar-refractivity contribution in [2.45, 2.75) is 49.8 Å². The number of hydrogen-bond donors (Lipinski definition) is 2. The Bertz CT molecular complexity index is 1240. The average molecular weight is 489 g/mol. The summed E-state index contributed by atoms with van der Waals surface area (Å²) in [5.41, 5.74) is 1.62. The summed E-state index contributed by atoms with van der Waals surface area (Å²) in [7, 11) is -1.98. The molecule has 3 heterocycles. The van der Waals surface area contributed by atoms with E-state index < -0.39 is 10.0 Å². The summed E-state index contributed by atoms with van der Waals surface area (Å²) < 4.78 is 30.9. The number of benzene rings is 1. The third kappa shape index (κ3) is 5.05. The predicted octanol–water partition coefficient (Wildman–Crippen LogP) is 4.10. The fourth-order valence-corrected chi connectivity index (χ4v) is 5.23. The fourth-order valence-electron chi connectivity index (χ4n) is 4.02. The standard InChI is InChI=1S/C23H29ClN6O2S/c1-23(2,3)16-5-7-18(8-6-16)33(31,32)29-19-13-17(24)14-26-20(19)22-28-27-21(30(22)4)15-9-11-25-12-10-15/h5-8,13-15,25,29H,9-12H2,1-4H3. The molecule has 0 saturated carbocycles. The van der Waals surface area contributed by atoms with Crippen LogP contribution in [0.25, 0.3) is 11.5 Å². The highest BCUT2D eigenvalue weighted by Gasteiger charge is 2.25. The van der Waals surface area contributed by atoms with Crippen molar-refractivity contribution in [1.82, 2.24) is 25.1 Å². The quantitative estimate of drug-likeness (QED) is 0.560. The van der Waals surface area contributed by atoms with E-state index in [2.05, 4.69) is 46.0 Å². The highest BCUT2D eigenvalue weighted by Crippen LogP contribution is 2.32. The summed E-state index contributed by atoms with van der Waals surface area (Å²) in [6, 6.07) is 8.43. The van der Waals surface area contributed by atoms with E-state index in [4.69, 9.17) is 11.6 Å².